The SMILES string of the molecule is CCOC(=O)c1c(NC(=O)[C@@H](C)OC(=O)c2ccccc2Sc2ccccc2C#N)sc2c1CCCC2. The summed E-state index contributed by atoms with van der Waals surface area (Å²) in [6.45, 7) is 3.47. The Kier molecular flexibility index (Phi) is 8.64. The number of hydrogen-bond acceptors (Lipinski definition) is 8. The van der Waals surface area contributed by atoms with Crippen LogP contribution < -0.4 is 5.32 Å². The predicted molar refractivity (Wildman–Crippen MR) is 142 cm³/mol. The van der Waals surface area contributed by atoms with Crippen molar-refractivity contribution in [2.24, 2.45) is 0 Å². The molecule has 2 aromatic carbocycles. The first-order valence-corrected chi connectivity index (χ1v) is 13.7. The maximum atomic E-state index is 13.0. The molecule has 0 radical (unpaired) electrons. The zero-order valence-corrected chi connectivity index (χ0v) is 22.2. The van der Waals surface area contributed by atoms with E-state index in [1.165, 1.54) is 30.0 Å². The largest absolute Gasteiger partial charge is 0.462 e. The number of carbonyl (C=O) groups is 3. The Morgan fingerprint density at radius 1 is 1.05 bits per heavy atom. The number of nitrogens with one attached hydrogen (secondary N) is 1. The number of anilines is 1. The molecule has 1 N–H and O–H groups in total. The molecule has 0 aliphatic heterocycles. The van der Waals surface area contributed by atoms with Gasteiger partial charge in [0.2, 0.25) is 0 Å². The van der Waals surface area contributed by atoms with Gasteiger partial charge in [-0.2, -0.15) is 5.26 Å². The van der Waals surface area contributed by atoms with Crippen LogP contribution in [0.5, 0.6) is 0 Å². The lowest BCUT2D eigenvalue weighted by Crippen LogP contribution is -2.30. The van der Waals surface area contributed by atoms with Gasteiger partial charge in [-0.3, -0.25) is 4.79 Å². The Morgan fingerprint density at radius 3 is 2.51 bits per heavy atom. The number of aryl methyl sites for hydroxylation is 1. The number of benzene rings is 2. The van der Waals surface area contributed by atoms with E-state index in [-0.39, 0.29) is 6.61 Å². The van der Waals surface area contributed by atoms with E-state index in [2.05, 4.69) is 11.4 Å². The fraction of sp³-hybridized carbons (Fsp3) is 0.286. The van der Waals surface area contributed by atoms with E-state index in [1.54, 1.807) is 43.3 Å². The van der Waals surface area contributed by atoms with Gasteiger partial charge >= 0.3 is 11.9 Å². The highest BCUT2D eigenvalue weighted by Crippen LogP contribution is 2.39. The lowest BCUT2D eigenvalue weighted by atomic mass is 9.95. The van der Waals surface area contributed by atoms with Crippen molar-refractivity contribution >= 4 is 45.9 Å². The molecule has 1 heterocycles. The third-order valence-electron chi connectivity index (χ3n) is 5.88. The number of rotatable bonds is 8. The Labute approximate surface area is 223 Å². The van der Waals surface area contributed by atoms with Gasteiger partial charge in [0.15, 0.2) is 6.10 Å². The Hall–Kier alpha value is -3.61. The van der Waals surface area contributed by atoms with Gasteiger partial charge in [-0.1, -0.05) is 36.0 Å². The highest BCUT2D eigenvalue weighted by Gasteiger charge is 2.29. The molecule has 1 aliphatic carbocycles. The van der Waals surface area contributed by atoms with E-state index in [9.17, 15) is 19.6 Å². The van der Waals surface area contributed by atoms with Crippen molar-refractivity contribution in [1.29, 1.82) is 5.26 Å². The summed E-state index contributed by atoms with van der Waals surface area (Å²) >= 11 is 2.66. The quantitative estimate of drug-likeness (QED) is 0.353. The summed E-state index contributed by atoms with van der Waals surface area (Å²) in [7, 11) is 0. The van der Waals surface area contributed by atoms with E-state index >= 15 is 0 Å². The van der Waals surface area contributed by atoms with Crippen LogP contribution in [0.1, 0.15) is 63.4 Å². The van der Waals surface area contributed by atoms with E-state index in [0.717, 1.165) is 36.1 Å². The average Bonchev–Trinajstić information content (AvgIpc) is 3.27. The molecular formula is C28H26N2O5S2. The number of nitrogens with zero attached hydrogens (tertiary/aromatic N) is 1. The minimum Gasteiger partial charge on any atom is -0.462 e. The van der Waals surface area contributed by atoms with E-state index in [1.807, 2.05) is 12.1 Å². The zero-order valence-electron chi connectivity index (χ0n) is 20.5. The van der Waals surface area contributed by atoms with Crippen LogP contribution in [0.4, 0.5) is 5.00 Å². The molecule has 0 saturated heterocycles. The van der Waals surface area contributed by atoms with Gasteiger partial charge in [0.25, 0.3) is 5.91 Å². The second-order valence-electron chi connectivity index (χ2n) is 8.38. The van der Waals surface area contributed by atoms with Crippen molar-refractivity contribution in [2.75, 3.05) is 11.9 Å². The normalized spacial score (nSPS) is 13.1. The minimum absolute atomic E-state index is 0.237. The van der Waals surface area contributed by atoms with E-state index in [0.29, 0.717) is 31.5 Å². The van der Waals surface area contributed by atoms with Gasteiger partial charge in [-0.05, 0) is 69.4 Å². The van der Waals surface area contributed by atoms with Crippen molar-refractivity contribution in [1.82, 2.24) is 0 Å². The first-order chi connectivity index (χ1) is 17.9. The van der Waals surface area contributed by atoms with Crippen LogP contribution in [-0.4, -0.2) is 30.6 Å². The van der Waals surface area contributed by atoms with Crippen molar-refractivity contribution in [2.45, 2.75) is 55.4 Å². The van der Waals surface area contributed by atoms with Gasteiger partial charge in [-0.15, -0.1) is 11.3 Å². The average molecular weight is 535 g/mol. The molecule has 9 heteroatoms. The van der Waals surface area contributed by atoms with Crippen molar-refractivity contribution in [3.63, 3.8) is 0 Å². The van der Waals surface area contributed by atoms with Gasteiger partial charge in [0, 0.05) is 14.7 Å². The number of hydrogen-bond donors (Lipinski definition) is 1. The van der Waals surface area contributed by atoms with Crippen molar-refractivity contribution < 1.29 is 23.9 Å². The molecule has 37 heavy (non-hydrogen) atoms. The number of nitriles is 1. The Morgan fingerprint density at radius 2 is 1.76 bits per heavy atom. The smallest absolute Gasteiger partial charge is 0.341 e. The molecule has 7 nitrogen and oxygen atoms in total. The van der Waals surface area contributed by atoms with Crippen LogP contribution in [0, 0.1) is 11.3 Å². The van der Waals surface area contributed by atoms with Gasteiger partial charge in [0.1, 0.15) is 11.1 Å². The highest BCUT2D eigenvalue weighted by atomic mass is 32.2. The predicted octanol–water partition coefficient (Wildman–Crippen LogP) is 6.01. The molecule has 0 bridgehead atoms. The maximum absolute atomic E-state index is 13.0. The fourth-order valence-corrected chi connectivity index (χ4v) is 6.35. The first kappa shape index (κ1) is 26.5. The van der Waals surface area contributed by atoms with Gasteiger partial charge in [-0.25, -0.2) is 9.59 Å². The summed E-state index contributed by atoms with van der Waals surface area (Å²) in [6.07, 6.45) is 2.53. The number of amides is 1. The molecule has 1 aliphatic rings. The third-order valence-corrected chi connectivity index (χ3v) is 8.23. The number of esters is 2. The van der Waals surface area contributed by atoms with Crippen LogP contribution >= 0.6 is 23.1 Å². The molecule has 190 valence electrons. The molecule has 1 atom stereocenters. The summed E-state index contributed by atoms with van der Waals surface area (Å²) in [6, 6.07) is 16.2. The van der Waals surface area contributed by atoms with Crippen LogP contribution in [0.3, 0.4) is 0 Å². The highest BCUT2D eigenvalue weighted by molar-refractivity contribution is 7.99. The number of thiophene rings is 1. The van der Waals surface area contributed by atoms with E-state index < -0.39 is 23.9 Å². The van der Waals surface area contributed by atoms with Crippen molar-refractivity contribution in [3.05, 3.63) is 75.7 Å². The van der Waals surface area contributed by atoms with Gasteiger partial charge < -0.3 is 14.8 Å². The zero-order chi connectivity index (χ0) is 26.4. The molecule has 0 fully saturated rings. The second kappa shape index (κ2) is 12.1. The molecule has 0 unspecified atom stereocenters. The molecule has 1 amide bonds. The number of carbonyl (C=O) groups excluding carboxylic acids is 3. The molecular weight excluding hydrogens is 508 g/mol. The van der Waals surface area contributed by atoms with Crippen LogP contribution in [0.25, 0.3) is 0 Å². The third kappa shape index (κ3) is 6.04. The summed E-state index contributed by atoms with van der Waals surface area (Å²) < 4.78 is 10.8. The second-order valence-corrected chi connectivity index (χ2v) is 10.6. The lowest BCUT2D eigenvalue weighted by Gasteiger charge is -2.15. The Bertz CT molecular complexity index is 1380. The molecule has 4 rings (SSSR count). The topological polar surface area (TPSA) is 105 Å². The summed E-state index contributed by atoms with van der Waals surface area (Å²) in [5, 5.41) is 12.6. The molecule has 0 spiro atoms. The van der Waals surface area contributed by atoms with Crippen molar-refractivity contribution in [3.8, 4) is 6.07 Å². The summed E-state index contributed by atoms with van der Waals surface area (Å²) in [5.74, 6) is -1.64. The molecule has 1 aromatic heterocycles. The lowest BCUT2D eigenvalue weighted by molar-refractivity contribution is -0.123. The van der Waals surface area contributed by atoms with Crippen LogP contribution in [-0.2, 0) is 27.1 Å². The Balaban J connectivity index is 1.50. The molecule has 0 saturated carbocycles. The summed E-state index contributed by atoms with van der Waals surface area (Å²) in [5.41, 5.74) is 2.14. The number of fused-ring (bicyclic) bond motifs is 1. The first-order valence-electron chi connectivity index (χ1n) is 12.0. The van der Waals surface area contributed by atoms with Gasteiger partial charge in [0.05, 0.1) is 23.3 Å². The van der Waals surface area contributed by atoms with Crippen LogP contribution in [0.15, 0.2) is 58.3 Å². The van der Waals surface area contributed by atoms with Crippen LogP contribution in [0.2, 0.25) is 0 Å². The fourth-order valence-electron chi connectivity index (χ4n) is 4.05. The monoisotopic (exact) mass is 534 g/mol. The minimum atomic E-state index is -1.11. The summed E-state index contributed by atoms with van der Waals surface area (Å²) in [4.78, 5) is 41.1. The standard InChI is InChI=1S/C28H26N2O5S2/c1-3-34-28(33)24-19-11-5-8-14-22(19)37-26(24)30-25(31)17(2)35-27(32)20-12-6-9-15-23(20)36-21-13-7-4-10-18(21)16-29/h4,6-7,9-10,12-13,15,17H,3,5,8,11,14H2,1-2H3,(H,30,31)/t17-/m1/s1. The number of ether oxygens (including phenoxy) is 2. The maximum Gasteiger partial charge on any atom is 0.341 e. The molecule has 3 aromatic rings. The van der Waals surface area contributed by atoms with E-state index in [4.69, 9.17) is 9.47 Å².